The normalized spacial score (nSPS) is 11.6. The summed E-state index contributed by atoms with van der Waals surface area (Å²) in [4.78, 5) is 25.0. The lowest BCUT2D eigenvalue weighted by atomic mass is 10.1. The van der Waals surface area contributed by atoms with Gasteiger partial charge in [0.2, 0.25) is 0 Å². The molecule has 0 N–H and O–H groups in total. The van der Waals surface area contributed by atoms with Crippen LogP contribution in [0.5, 0.6) is 5.75 Å². The fourth-order valence-electron chi connectivity index (χ4n) is 2.59. The van der Waals surface area contributed by atoms with Crippen LogP contribution in [0.2, 0.25) is 5.02 Å². The Labute approximate surface area is 166 Å². The van der Waals surface area contributed by atoms with E-state index < -0.39 is 18.6 Å². The molecule has 0 spiro atoms. The van der Waals surface area contributed by atoms with E-state index in [1.165, 1.54) is 24.2 Å². The Morgan fingerprint density at radius 2 is 1.96 bits per heavy atom. The van der Waals surface area contributed by atoms with E-state index in [9.17, 15) is 9.59 Å². The van der Waals surface area contributed by atoms with Gasteiger partial charge < -0.3 is 9.47 Å². The molecule has 1 heterocycles. The van der Waals surface area contributed by atoms with Gasteiger partial charge in [-0.3, -0.25) is 4.79 Å². The highest BCUT2D eigenvalue weighted by molar-refractivity contribution is 6.32. The average molecular weight is 401 g/mol. The second kappa shape index (κ2) is 9.09. The number of nitrogens with zero attached hydrogens (tertiary/aromatic N) is 4. The van der Waals surface area contributed by atoms with Gasteiger partial charge in [-0.05, 0) is 34.2 Å². The molecule has 0 saturated carbocycles. The number of hydrogen-bond donors (Lipinski definition) is 0. The van der Waals surface area contributed by atoms with Gasteiger partial charge in [-0.25, -0.2) is 9.48 Å². The number of esters is 1. The number of benzene rings is 2. The molecule has 0 amide bonds. The van der Waals surface area contributed by atoms with Gasteiger partial charge in [-0.1, -0.05) is 41.9 Å². The number of methoxy groups -OCH3 is 1. The highest BCUT2D eigenvalue weighted by atomic mass is 35.5. The van der Waals surface area contributed by atoms with Gasteiger partial charge in [0.1, 0.15) is 12.1 Å². The molecular formula is C19H17ClN4O4. The number of hydrogen-bond acceptors (Lipinski definition) is 7. The van der Waals surface area contributed by atoms with Crippen LogP contribution in [0.3, 0.4) is 0 Å². The third-order valence-corrected chi connectivity index (χ3v) is 4.34. The van der Waals surface area contributed by atoms with Crippen molar-refractivity contribution in [3.63, 3.8) is 0 Å². The van der Waals surface area contributed by atoms with Crippen LogP contribution in [0, 0.1) is 0 Å². The first-order chi connectivity index (χ1) is 13.6. The lowest BCUT2D eigenvalue weighted by molar-refractivity contribution is -0.146. The van der Waals surface area contributed by atoms with Crippen LogP contribution < -0.4 is 4.74 Å². The van der Waals surface area contributed by atoms with Crippen molar-refractivity contribution in [2.24, 2.45) is 0 Å². The summed E-state index contributed by atoms with van der Waals surface area (Å²) in [5.74, 6) is -0.533. The van der Waals surface area contributed by atoms with E-state index in [0.717, 1.165) is 5.56 Å². The number of aromatic nitrogens is 4. The molecule has 1 atom stereocenters. The Kier molecular flexibility index (Phi) is 6.33. The van der Waals surface area contributed by atoms with Crippen LogP contribution in [0.15, 0.2) is 54.9 Å². The Hall–Kier alpha value is -3.26. The maximum atomic E-state index is 12.6. The molecule has 0 aliphatic carbocycles. The monoisotopic (exact) mass is 400 g/mol. The van der Waals surface area contributed by atoms with Crippen molar-refractivity contribution in [2.45, 2.75) is 12.5 Å². The molecule has 8 nitrogen and oxygen atoms in total. The summed E-state index contributed by atoms with van der Waals surface area (Å²) in [5.41, 5.74) is 1.23. The average Bonchev–Trinajstić information content (AvgIpc) is 3.25. The molecule has 0 bridgehead atoms. The summed E-state index contributed by atoms with van der Waals surface area (Å²) in [5, 5.41) is 11.2. The predicted octanol–water partition coefficient (Wildman–Crippen LogP) is 2.55. The molecule has 0 unspecified atom stereocenters. The van der Waals surface area contributed by atoms with Gasteiger partial charge in [0, 0.05) is 12.0 Å². The number of ether oxygens (including phenoxy) is 2. The van der Waals surface area contributed by atoms with E-state index in [-0.39, 0.29) is 5.78 Å². The lowest BCUT2D eigenvalue weighted by Crippen LogP contribution is -2.26. The molecule has 3 rings (SSSR count). The zero-order chi connectivity index (χ0) is 19.9. The number of carbonyl (C=O) groups excluding carboxylic acids is 2. The van der Waals surface area contributed by atoms with Crippen molar-refractivity contribution in [3.8, 4) is 5.75 Å². The maximum Gasteiger partial charge on any atom is 0.331 e. The summed E-state index contributed by atoms with van der Waals surface area (Å²) < 4.78 is 11.6. The van der Waals surface area contributed by atoms with E-state index in [1.807, 2.05) is 30.3 Å². The summed E-state index contributed by atoms with van der Waals surface area (Å²) >= 11 is 6.03. The number of ketones is 1. The predicted molar refractivity (Wildman–Crippen MR) is 100 cm³/mol. The Morgan fingerprint density at radius 3 is 2.61 bits per heavy atom. The number of tetrazole rings is 1. The third kappa shape index (κ3) is 4.72. The first kappa shape index (κ1) is 19.5. The van der Waals surface area contributed by atoms with Crippen LogP contribution in [-0.4, -0.2) is 45.7 Å². The van der Waals surface area contributed by atoms with E-state index >= 15 is 0 Å². The molecule has 0 saturated heterocycles. The topological polar surface area (TPSA) is 96.2 Å². The molecule has 0 radical (unpaired) electrons. The molecule has 1 aromatic heterocycles. The van der Waals surface area contributed by atoms with Gasteiger partial charge in [-0.15, -0.1) is 5.10 Å². The number of halogens is 1. The van der Waals surface area contributed by atoms with E-state index in [0.29, 0.717) is 22.8 Å². The van der Waals surface area contributed by atoms with Crippen LogP contribution in [0.4, 0.5) is 0 Å². The van der Waals surface area contributed by atoms with Crippen molar-refractivity contribution in [2.75, 3.05) is 13.7 Å². The highest BCUT2D eigenvalue weighted by Crippen LogP contribution is 2.25. The Bertz CT molecular complexity index is 948. The van der Waals surface area contributed by atoms with Gasteiger partial charge in [0.25, 0.3) is 0 Å². The molecule has 0 aliphatic rings. The van der Waals surface area contributed by atoms with E-state index in [2.05, 4.69) is 15.5 Å². The minimum absolute atomic E-state index is 0.301. The molecule has 9 heteroatoms. The van der Waals surface area contributed by atoms with Crippen molar-refractivity contribution in [1.29, 1.82) is 0 Å². The molecule has 144 valence electrons. The fourth-order valence-corrected chi connectivity index (χ4v) is 2.85. The molecule has 0 aliphatic heterocycles. The van der Waals surface area contributed by atoms with Crippen molar-refractivity contribution >= 4 is 23.4 Å². The van der Waals surface area contributed by atoms with Crippen LogP contribution >= 0.6 is 11.6 Å². The summed E-state index contributed by atoms with van der Waals surface area (Å²) in [7, 11) is 1.48. The molecule has 3 aromatic rings. The van der Waals surface area contributed by atoms with Gasteiger partial charge in [0.05, 0.1) is 12.1 Å². The quantitative estimate of drug-likeness (QED) is 0.423. The SMILES string of the molecule is COc1ccc(C(=O)COC(=O)[C@H](Cc2ccccc2)n2cnnn2)cc1Cl. The molecular weight excluding hydrogens is 384 g/mol. The van der Waals surface area contributed by atoms with Gasteiger partial charge in [0.15, 0.2) is 18.4 Å². The molecule has 28 heavy (non-hydrogen) atoms. The van der Waals surface area contributed by atoms with E-state index in [1.54, 1.807) is 12.1 Å². The molecule has 0 fully saturated rings. The van der Waals surface area contributed by atoms with Crippen LogP contribution in [0.1, 0.15) is 22.0 Å². The number of rotatable bonds is 8. The zero-order valence-corrected chi connectivity index (χ0v) is 15.7. The Morgan fingerprint density at radius 1 is 1.18 bits per heavy atom. The second-order valence-corrected chi connectivity index (χ2v) is 6.28. The second-order valence-electron chi connectivity index (χ2n) is 5.88. The van der Waals surface area contributed by atoms with Gasteiger partial charge in [-0.2, -0.15) is 0 Å². The minimum Gasteiger partial charge on any atom is -0.495 e. The minimum atomic E-state index is -0.787. The number of carbonyl (C=O) groups is 2. The standard InChI is InChI=1S/C19H17ClN4O4/c1-27-18-8-7-14(10-15(18)20)17(25)11-28-19(26)16(24-12-21-22-23-24)9-13-5-3-2-4-6-13/h2-8,10,12,16H,9,11H2,1H3/t16-/m0/s1. The smallest absolute Gasteiger partial charge is 0.331 e. The lowest BCUT2D eigenvalue weighted by Gasteiger charge is -2.15. The Balaban J connectivity index is 1.68. The first-order valence-corrected chi connectivity index (χ1v) is 8.76. The van der Waals surface area contributed by atoms with Crippen LogP contribution in [0.25, 0.3) is 0 Å². The van der Waals surface area contributed by atoms with Crippen molar-refractivity contribution in [1.82, 2.24) is 20.2 Å². The maximum absolute atomic E-state index is 12.6. The van der Waals surface area contributed by atoms with E-state index in [4.69, 9.17) is 21.1 Å². The summed E-state index contributed by atoms with van der Waals surface area (Å²) in [6, 6.07) is 13.2. The van der Waals surface area contributed by atoms with Gasteiger partial charge >= 0.3 is 5.97 Å². The molecule has 2 aromatic carbocycles. The van der Waals surface area contributed by atoms with Crippen LogP contribution in [-0.2, 0) is 16.0 Å². The largest absolute Gasteiger partial charge is 0.495 e. The highest BCUT2D eigenvalue weighted by Gasteiger charge is 2.25. The van der Waals surface area contributed by atoms with Crippen molar-refractivity contribution < 1.29 is 19.1 Å². The van der Waals surface area contributed by atoms with Crippen molar-refractivity contribution in [3.05, 3.63) is 71.0 Å². The fraction of sp³-hybridized carbons (Fsp3) is 0.211. The first-order valence-electron chi connectivity index (χ1n) is 8.38. The number of Topliss-reactive ketones (excluding diaryl/α,β-unsaturated/α-hetero) is 1. The zero-order valence-electron chi connectivity index (χ0n) is 15.0. The third-order valence-electron chi connectivity index (χ3n) is 4.05. The summed E-state index contributed by atoms with van der Waals surface area (Å²) in [6.07, 6.45) is 1.66. The summed E-state index contributed by atoms with van der Waals surface area (Å²) in [6.45, 7) is -0.422.